The van der Waals surface area contributed by atoms with Crippen LogP contribution in [0.4, 0.5) is 0 Å². The summed E-state index contributed by atoms with van der Waals surface area (Å²) in [5, 5.41) is 3.54. The van der Waals surface area contributed by atoms with Gasteiger partial charge in [0.25, 0.3) is 0 Å². The molecular formula is C31H28BNO2. The van der Waals surface area contributed by atoms with Gasteiger partial charge in [0.2, 0.25) is 0 Å². The van der Waals surface area contributed by atoms with Crippen LogP contribution in [0.15, 0.2) is 97.1 Å². The van der Waals surface area contributed by atoms with Gasteiger partial charge in [0.1, 0.15) is 0 Å². The fraction of sp³-hybridized carbons (Fsp3) is 0.194. The van der Waals surface area contributed by atoms with Gasteiger partial charge in [0, 0.05) is 21.7 Å². The lowest BCUT2D eigenvalue weighted by atomic mass is 9.78. The van der Waals surface area contributed by atoms with E-state index in [1.54, 1.807) is 0 Å². The standard InChI is InChI=1S/C31H28BNO2/c1-30(2)31(3,4)35-32(34-30)23-19-17-21(18-20-23)24-14-10-15-26-28(24)25-13-8-9-16-27(25)33-29(26)22-11-6-5-7-12-22/h5-20H,1-4H3. The van der Waals surface area contributed by atoms with E-state index in [-0.39, 0.29) is 18.3 Å². The molecule has 2 heterocycles. The van der Waals surface area contributed by atoms with E-state index >= 15 is 0 Å². The normalized spacial score (nSPS) is 16.7. The third-order valence-corrected chi connectivity index (χ3v) is 7.52. The molecule has 1 aromatic heterocycles. The van der Waals surface area contributed by atoms with Gasteiger partial charge in [0.15, 0.2) is 0 Å². The minimum atomic E-state index is -0.365. The molecule has 1 aliphatic heterocycles. The second-order valence-corrected chi connectivity index (χ2v) is 10.3. The highest BCUT2D eigenvalue weighted by atomic mass is 16.7. The van der Waals surface area contributed by atoms with Crippen LogP contribution in [0, 0.1) is 0 Å². The summed E-state index contributed by atoms with van der Waals surface area (Å²) in [6.45, 7) is 8.34. The first-order chi connectivity index (χ1) is 16.8. The summed E-state index contributed by atoms with van der Waals surface area (Å²) < 4.78 is 12.5. The lowest BCUT2D eigenvalue weighted by Crippen LogP contribution is -2.41. The molecule has 6 rings (SSSR count). The Balaban J connectivity index is 1.50. The van der Waals surface area contributed by atoms with Crippen LogP contribution in [-0.4, -0.2) is 23.3 Å². The van der Waals surface area contributed by atoms with Gasteiger partial charge in [-0.25, -0.2) is 4.98 Å². The first-order valence-electron chi connectivity index (χ1n) is 12.2. The zero-order chi connectivity index (χ0) is 24.2. The highest BCUT2D eigenvalue weighted by Crippen LogP contribution is 2.39. The van der Waals surface area contributed by atoms with Crippen LogP contribution in [0.1, 0.15) is 27.7 Å². The summed E-state index contributed by atoms with van der Waals surface area (Å²) in [5.41, 5.74) is 5.80. The van der Waals surface area contributed by atoms with Gasteiger partial charge < -0.3 is 9.31 Å². The second kappa shape index (κ2) is 8.05. The number of nitrogens with zero attached hydrogens (tertiary/aromatic N) is 1. The van der Waals surface area contributed by atoms with Crippen molar-refractivity contribution in [2.45, 2.75) is 38.9 Å². The largest absolute Gasteiger partial charge is 0.494 e. The Labute approximate surface area is 206 Å². The van der Waals surface area contributed by atoms with Crippen LogP contribution in [0.25, 0.3) is 44.1 Å². The number of rotatable bonds is 3. The number of aromatic nitrogens is 1. The Morgan fingerprint density at radius 1 is 0.600 bits per heavy atom. The second-order valence-electron chi connectivity index (χ2n) is 10.3. The fourth-order valence-corrected chi connectivity index (χ4v) is 4.86. The van der Waals surface area contributed by atoms with Crippen LogP contribution in [0.2, 0.25) is 0 Å². The maximum absolute atomic E-state index is 6.26. The molecule has 0 spiro atoms. The van der Waals surface area contributed by atoms with Crippen molar-refractivity contribution in [3.63, 3.8) is 0 Å². The average Bonchev–Trinajstić information content (AvgIpc) is 3.10. The van der Waals surface area contributed by atoms with E-state index in [4.69, 9.17) is 14.3 Å². The Bertz CT molecular complexity index is 1530. The van der Waals surface area contributed by atoms with Crippen LogP contribution in [0.5, 0.6) is 0 Å². The molecule has 0 saturated carbocycles. The molecule has 4 aromatic carbocycles. The van der Waals surface area contributed by atoms with Crippen molar-refractivity contribution in [1.29, 1.82) is 0 Å². The SMILES string of the molecule is CC1(C)OB(c2ccc(-c3cccc4c(-c5ccccc5)nc5ccccc5c34)cc2)OC1(C)C. The number of pyridine rings is 1. The highest BCUT2D eigenvalue weighted by Gasteiger charge is 2.51. The van der Waals surface area contributed by atoms with Crippen LogP contribution in [0.3, 0.4) is 0 Å². The summed E-state index contributed by atoms with van der Waals surface area (Å²) in [6.07, 6.45) is 0. The van der Waals surface area contributed by atoms with E-state index in [1.165, 1.54) is 10.9 Å². The topological polar surface area (TPSA) is 31.4 Å². The lowest BCUT2D eigenvalue weighted by molar-refractivity contribution is 0.00578. The van der Waals surface area contributed by atoms with E-state index in [9.17, 15) is 0 Å². The van der Waals surface area contributed by atoms with Crippen molar-refractivity contribution in [3.05, 3.63) is 97.1 Å². The smallest absolute Gasteiger partial charge is 0.399 e. The molecule has 0 aliphatic carbocycles. The molecule has 1 saturated heterocycles. The zero-order valence-corrected chi connectivity index (χ0v) is 20.6. The zero-order valence-electron chi connectivity index (χ0n) is 20.6. The van der Waals surface area contributed by atoms with E-state index in [1.807, 2.05) is 6.07 Å². The quantitative estimate of drug-likeness (QED) is 0.216. The third kappa shape index (κ3) is 3.65. The van der Waals surface area contributed by atoms with Crippen molar-refractivity contribution in [2.75, 3.05) is 0 Å². The average molecular weight is 457 g/mol. The van der Waals surface area contributed by atoms with Gasteiger partial charge in [-0.2, -0.15) is 0 Å². The highest BCUT2D eigenvalue weighted by molar-refractivity contribution is 6.62. The van der Waals surface area contributed by atoms with Gasteiger partial charge in [-0.3, -0.25) is 0 Å². The molecule has 1 fully saturated rings. The van der Waals surface area contributed by atoms with Crippen molar-refractivity contribution < 1.29 is 9.31 Å². The van der Waals surface area contributed by atoms with E-state index in [0.717, 1.165) is 38.6 Å². The Hall–Kier alpha value is -3.47. The van der Waals surface area contributed by atoms with Gasteiger partial charge in [-0.15, -0.1) is 0 Å². The van der Waals surface area contributed by atoms with Crippen LogP contribution < -0.4 is 5.46 Å². The predicted molar refractivity (Wildman–Crippen MR) is 146 cm³/mol. The molecule has 35 heavy (non-hydrogen) atoms. The number of hydrogen-bond donors (Lipinski definition) is 0. The minimum absolute atomic E-state index is 0.355. The van der Waals surface area contributed by atoms with Crippen molar-refractivity contribution >= 4 is 34.3 Å². The van der Waals surface area contributed by atoms with E-state index < -0.39 is 0 Å². The molecule has 0 amide bonds. The molecule has 0 N–H and O–H groups in total. The van der Waals surface area contributed by atoms with E-state index in [0.29, 0.717) is 0 Å². The third-order valence-electron chi connectivity index (χ3n) is 7.52. The number of para-hydroxylation sites is 1. The minimum Gasteiger partial charge on any atom is -0.399 e. The first-order valence-corrected chi connectivity index (χ1v) is 12.2. The van der Waals surface area contributed by atoms with Crippen LogP contribution in [-0.2, 0) is 9.31 Å². The van der Waals surface area contributed by atoms with Gasteiger partial charge in [0.05, 0.1) is 22.4 Å². The number of hydrogen-bond acceptors (Lipinski definition) is 3. The van der Waals surface area contributed by atoms with Crippen molar-refractivity contribution in [2.24, 2.45) is 0 Å². The molecule has 1 aliphatic rings. The van der Waals surface area contributed by atoms with Crippen LogP contribution >= 0.6 is 0 Å². The van der Waals surface area contributed by atoms with Crippen molar-refractivity contribution in [3.8, 4) is 22.4 Å². The molecule has 4 heteroatoms. The Morgan fingerprint density at radius 2 is 1.23 bits per heavy atom. The molecular weight excluding hydrogens is 429 g/mol. The summed E-state index contributed by atoms with van der Waals surface area (Å²) >= 11 is 0. The number of fused-ring (bicyclic) bond motifs is 3. The summed E-state index contributed by atoms with van der Waals surface area (Å²) in [5.74, 6) is 0. The molecule has 0 unspecified atom stereocenters. The first kappa shape index (κ1) is 22.0. The van der Waals surface area contributed by atoms with Gasteiger partial charge >= 0.3 is 7.12 Å². The maximum Gasteiger partial charge on any atom is 0.494 e. The molecule has 5 aromatic rings. The van der Waals surface area contributed by atoms with E-state index in [2.05, 4.69) is 119 Å². The van der Waals surface area contributed by atoms with Gasteiger partial charge in [-0.1, -0.05) is 91.0 Å². The summed E-state index contributed by atoms with van der Waals surface area (Å²) in [6, 6.07) is 33.9. The monoisotopic (exact) mass is 457 g/mol. The summed E-state index contributed by atoms with van der Waals surface area (Å²) in [7, 11) is -0.365. The fourth-order valence-electron chi connectivity index (χ4n) is 4.86. The Kier molecular flexibility index (Phi) is 5.06. The molecule has 3 nitrogen and oxygen atoms in total. The molecule has 0 radical (unpaired) electrons. The predicted octanol–water partition coefficient (Wildman–Crippen LogP) is 7.02. The van der Waals surface area contributed by atoms with Gasteiger partial charge in [-0.05, 0) is 50.4 Å². The maximum atomic E-state index is 6.26. The molecule has 0 bridgehead atoms. The number of benzene rings is 4. The molecule has 0 atom stereocenters. The van der Waals surface area contributed by atoms with Crippen molar-refractivity contribution in [1.82, 2.24) is 4.98 Å². The molecule has 172 valence electrons. The summed E-state index contributed by atoms with van der Waals surface area (Å²) in [4.78, 5) is 5.07. The lowest BCUT2D eigenvalue weighted by Gasteiger charge is -2.32. The Morgan fingerprint density at radius 3 is 1.94 bits per heavy atom.